The van der Waals surface area contributed by atoms with Gasteiger partial charge in [-0.15, -0.1) is 0 Å². The van der Waals surface area contributed by atoms with Gasteiger partial charge < -0.3 is 9.72 Å². The van der Waals surface area contributed by atoms with Crippen LogP contribution in [-0.4, -0.2) is 37.5 Å². The Bertz CT molecular complexity index is 1140. The van der Waals surface area contributed by atoms with Crippen molar-refractivity contribution in [1.29, 1.82) is 0 Å². The van der Waals surface area contributed by atoms with Gasteiger partial charge in [0.05, 0.1) is 23.0 Å². The van der Waals surface area contributed by atoms with E-state index in [2.05, 4.69) is 14.7 Å². The predicted molar refractivity (Wildman–Crippen MR) is 116 cm³/mol. The summed E-state index contributed by atoms with van der Waals surface area (Å²) in [5, 5.41) is 0. The highest BCUT2D eigenvalue weighted by atomic mass is 32.2. The number of para-hydroxylation sites is 1. The highest BCUT2D eigenvalue weighted by molar-refractivity contribution is 7.89. The van der Waals surface area contributed by atoms with Crippen LogP contribution in [0.4, 0.5) is 0 Å². The van der Waals surface area contributed by atoms with Gasteiger partial charge in [-0.25, -0.2) is 13.4 Å². The van der Waals surface area contributed by atoms with Gasteiger partial charge in [-0.3, -0.25) is 4.79 Å². The predicted octanol–water partition coefficient (Wildman–Crippen LogP) is 3.35. The number of benzene rings is 2. The Morgan fingerprint density at radius 1 is 1.17 bits per heavy atom. The maximum absolute atomic E-state index is 12.8. The van der Waals surface area contributed by atoms with Gasteiger partial charge in [-0.1, -0.05) is 44.2 Å². The Morgan fingerprint density at radius 2 is 1.87 bits per heavy atom. The van der Waals surface area contributed by atoms with Crippen LogP contribution < -0.4 is 4.72 Å². The number of fused-ring (bicyclic) bond motifs is 1. The minimum Gasteiger partial charge on any atom is -0.468 e. The molecule has 0 radical (unpaired) electrons. The molecule has 3 rings (SSSR count). The van der Waals surface area contributed by atoms with Crippen LogP contribution in [0.1, 0.15) is 31.7 Å². The maximum atomic E-state index is 12.8. The van der Waals surface area contributed by atoms with Crippen molar-refractivity contribution < 1.29 is 17.9 Å². The largest absolute Gasteiger partial charge is 0.468 e. The monoisotopic (exact) mass is 429 g/mol. The number of imidazole rings is 1. The number of H-pyrrole nitrogens is 1. The van der Waals surface area contributed by atoms with Crippen molar-refractivity contribution in [2.24, 2.45) is 5.41 Å². The molecular weight excluding hydrogens is 402 g/mol. The Kier molecular flexibility index (Phi) is 6.28. The number of rotatable bonds is 8. The summed E-state index contributed by atoms with van der Waals surface area (Å²) in [6.45, 7) is 5.91. The summed E-state index contributed by atoms with van der Waals surface area (Å²) >= 11 is 0. The zero-order chi connectivity index (χ0) is 21.9. The Balaban J connectivity index is 1.83. The first-order chi connectivity index (χ1) is 14.1. The Hall–Kier alpha value is -2.71. The van der Waals surface area contributed by atoms with Crippen molar-refractivity contribution in [2.45, 2.75) is 44.6 Å². The van der Waals surface area contributed by atoms with E-state index in [1.807, 2.05) is 39.0 Å². The van der Waals surface area contributed by atoms with Crippen LogP contribution in [0.15, 0.2) is 53.4 Å². The molecule has 160 valence electrons. The second-order valence-corrected chi connectivity index (χ2v) is 9.90. The van der Waals surface area contributed by atoms with E-state index < -0.39 is 27.4 Å². The van der Waals surface area contributed by atoms with Crippen molar-refractivity contribution in [2.75, 3.05) is 7.11 Å². The molecule has 0 saturated carbocycles. The number of carbonyl (C=O) groups is 1. The van der Waals surface area contributed by atoms with Crippen molar-refractivity contribution in [3.8, 4) is 0 Å². The summed E-state index contributed by atoms with van der Waals surface area (Å²) in [7, 11) is -2.60. The number of carbonyl (C=O) groups excluding carboxylic acids is 1. The number of sulfonamides is 1. The van der Waals surface area contributed by atoms with Crippen LogP contribution in [0.25, 0.3) is 11.0 Å². The third-order valence-electron chi connectivity index (χ3n) is 4.99. The van der Waals surface area contributed by atoms with Crippen molar-refractivity contribution in [3.05, 3.63) is 59.9 Å². The van der Waals surface area contributed by atoms with Gasteiger partial charge >= 0.3 is 5.97 Å². The van der Waals surface area contributed by atoms with Crippen LogP contribution in [0.3, 0.4) is 0 Å². The molecule has 0 unspecified atom stereocenters. The first-order valence-corrected chi connectivity index (χ1v) is 11.2. The van der Waals surface area contributed by atoms with E-state index >= 15 is 0 Å². The second-order valence-electron chi connectivity index (χ2n) is 8.19. The Morgan fingerprint density at radius 3 is 2.53 bits per heavy atom. The van der Waals surface area contributed by atoms with Crippen LogP contribution in [0, 0.1) is 12.3 Å². The summed E-state index contributed by atoms with van der Waals surface area (Å²) in [5.74, 6) is 0.219. The van der Waals surface area contributed by atoms with Crippen LogP contribution in [0.5, 0.6) is 0 Å². The third kappa shape index (κ3) is 5.06. The van der Waals surface area contributed by atoms with E-state index in [1.54, 1.807) is 18.2 Å². The minimum absolute atomic E-state index is 0.106. The molecule has 0 saturated heterocycles. The highest BCUT2D eigenvalue weighted by Gasteiger charge is 2.33. The fourth-order valence-electron chi connectivity index (χ4n) is 3.67. The summed E-state index contributed by atoms with van der Waals surface area (Å²) in [6, 6.07) is 12.9. The van der Waals surface area contributed by atoms with Gasteiger partial charge in [0, 0.05) is 0 Å². The first kappa shape index (κ1) is 22.0. The summed E-state index contributed by atoms with van der Waals surface area (Å²) < 4.78 is 32.9. The number of nitrogens with one attached hydrogen (secondary N) is 2. The average molecular weight is 430 g/mol. The lowest BCUT2D eigenvalue weighted by molar-refractivity contribution is -0.143. The molecule has 0 fully saturated rings. The number of aromatic amines is 1. The fraction of sp³-hybridized carbons (Fsp3) is 0.364. The number of aromatic nitrogens is 2. The van der Waals surface area contributed by atoms with E-state index in [9.17, 15) is 13.2 Å². The molecule has 2 aromatic carbocycles. The number of hydrogen-bond donors (Lipinski definition) is 2. The molecule has 2 N–H and O–H groups in total. The molecule has 8 heteroatoms. The van der Waals surface area contributed by atoms with Gasteiger partial charge in [0.25, 0.3) is 0 Å². The summed E-state index contributed by atoms with van der Waals surface area (Å²) in [6.07, 6.45) is 0.905. The smallest absolute Gasteiger partial charge is 0.323 e. The number of hydrogen-bond acceptors (Lipinski definition) is 5. The highest BCUT2D eigenvalue weighted by Crippen LogP contribution is 2.31. The standard InChI is InChI=1S/C22H27N3O4S/c1-15-23-18-12-8-9-16(20(18)24-15)13-22(2,3)14-19(21(26)29-4)25-30(27,28)17-10-6-5-7-11-17/h5-12,19,25H,13-14H2,1-4H3,(H,23,24)/t19-/m0/s1. The molecule has 0 spiro atoms. The summed E-state index contributed by atoms with van der Waals surface area (Å²) in [4.78, 5) is 20.3. The normalized spacial score (nSPS) is 13.3. The lowest BCUT2D eigenvalue weighted by Gasteiger charge is -2.29. The summed E-state index contributed by atoms with van der Waals surface area (Å²) in [5.41, 5.74) is 2.51. The lowest BCUT2D eigenvalue weighted by Crippen LogP contribution is -2.44. The van der Waals surface area contributed by atoms with Gasteiger partial charge in [-0.2, -0.15) is 4.72 Å². The fourth-order valence-corrected chi connectivity index (χ4v) is 4.88. The van der Waals surface area contributed by atoms with Crippen molar-refractivity contribution >= 4 is 27.0 Å². The molecule has 0 aliphatic heterocycles. The molecule has 0 amide bonds. The van der Waals surface area contributed by atoms with Gasteiger partial charge in [0.2, 0.25) is 10.0 Å². The van der Waals surface area contributed by atoms with Crippen LogP contribution in [-0.2, 0) is 26.0 Å². The Labute approximate surface area is 176 Å². The van der Waals surface area contributed by atoms with Crippen LogP contribution >= 0.6 is 0 Å². The number of aryl methyl sites for hydroxylation is 1. The SMILES string of the molecule is COC(=O)[C@H](CC(C)(C)Cc1cccc2nc(C)[nH]c12)NS(=O)(=O)c1ccccc1. The topological polar surface area (TPSA) is 101 Å². The zero-order valence-corrected chi connectivity index (χ0v) is 18.4. The van der Waals surface area contributed by atoms with Crippen LogP contribution in [0.2, 0.25) is 0 Å². The molecule has 0 bridgehead atoms. The lowest BCUT2D eigenvalue weighted by atomic mass is 9.80. The number of esters is 1. The molecule has 3 aromatic rings. The van der Waals surface area contributed by atoms with E-state index in [0.29, 0.717) is 6.42 Å². The minimum atomic E-state index is -3.86. The quantitative estimate of drug-likeness (QED) is 0.535. The van der Waals surface area contributed by atoms with Gasteiger partial charge in [-0.05, 0) is 48.9 Å². The average Bonchev–Trinajstić information content (AvgIpc) is 3.08. The first-order valence-electron chi connectivity index (χ1n) is 9.71. The molecule has 0 aliphatic carbocycles. The number of nitrogens with zero attached hydrogens (tertiary/aromatic N) is 1. The van der Waals surface area contributed by atoms with Crippen molar-refractivity contribution in [3.63, 3.8) is 0 Å². The van der Waals surface area contributed by atoms with Gasteiger partial charge in [0.15, 0.2) is 0 Å². The maximum Gasteiger partial charge on any atom is 0.323 e. The number of methoxy groups -OCH3 is 1. The van der Waals surface area contributed by atoms with Gasteiger partial charge in [0.1, 0.15) is 11.9 Å². The second kappa shape index (κ2) is 8.57. The van der Waals surface area contributed by atoms with E-state index in [0.717, 1.165) is 22.4 Å². The molecule has 30 heavy (non-hydrogen) atoms. The molecule has 1 heterocycles. The van der Waals surface area contributed by atoms with E-state index in [1.165, 1.54) is 19.2 Å². The third-order valence-corrected chi connectivity index (χ3v) is 6.47. The molecule has 0 aliphatic rings. The van der Waals surface area contributed by atoms with Crippen molar-refractivity contribution in [1.82, 2.24) is 14.7 Å². The molecule has 1 aromatic heterocycles. The molecular formula is C22H27N3O4S. The van der Waals surface area contributed by atoms with E-state index in [-0.39, 0.29) is 11.3 Å². The zero-order valence-electron chi connectivity index (χ0n) is 17.6. The molecule has 1 atom stereocenters. The van der Waals surface area contributed by atoms with E-state index in [4.69, 9.17) is 4.74 Å². The molecule has 7 nitrogen and oxygen atoms in total. The number of ether oxygens (including phenoxy) is 1.